The van der Waals surface area contributed by atoms with Gasteiger partial charge in [-0.25, -0.2) is 0 Å². The number of hydrogen-bond donors (Lipinski definition) is 1. The average molecular weight is 192 g/mol. The van der Waals surface area contributed by atoms with Gasteiger partial charge in [0.15, 0.2) is 5.82 Å². The van der Waals surface area contributed by atoms with Crippen LogP contribution in [0.25, 0.3) is 0 Å². The highest BCUT2D eigenvalue weighted by molar-refractivity contribution is 5.78. The number of nitrogens with zero attached hydrogens (tertiary/aromatic N) is 3. The van der Waals surface area contributed by atoms with Crippen LogP contribution in [0.3, 0.4) is 0 Å². The summed E-state index contributed by atoms with van der Waals surface area (Å²) in [6, 6.07) is 3.72. The van der Waals surface area contributed by atoms with Crippen molar-refractivity contribution >= 4 is 11.7 Å². The van der Waals surface area contributed by atoms with Crippen molar-refractivity contribution in [3.63, 3.8) is 0 Å². The minimum absolute atomic E-state index is 0.0444. The summed E-state index contributed by atoms with van der Waals surface area (Å²) < 4.78 is 0. The molecule has 14 heavy (non-hydrogen) atoms. The number of anilines is 1. The Bertz CT molecular complexity index is 327. The molecule has 74 valence electrons. The fourth-order valence-electron chi connectivity index (χ4n) is 1.66. The second-order valence-electron chi connectivity index (χ2n) is 3.42. The number of primary amides is 1. The van der Waals surface area contributed by atoms with E-state index >= 15 is 0 Å². The Balaban J connectivity index is 2.06. The Labute approximate surface area is 81.9 Å². The number of hydrogen-bond acceptors (Lipinski definition) is 4. The highest BCUT2D eigenvalue weighted by Crippen LogP contribution is 2.20. The summed E-state index contributed by atoms with van der Waals surface area (Å²) >= 11 is 0. The Morgan fingerprint density at radius 3 is 3.07 bits per heavy atom. The Kier molecular flexibility index (Phi) is 2.30. The van der Waals surface area contributed by atoms with Crippen LogP contribution in [0.5, 0.6) is 0 Å². The summed E-state index contributed by atoms with van der Waals surface area (Å²) in [6.07, 6.45) is 2.44. The van der Waals surface area contributed by atoms with Gasteiger partial charge in [-0.2, -0.15) is 5.10 Å². The first-order valence-electron chi connectivity index (χ1n) is 4.59. The molecule has 2 N–H and O–H groups in total. The first kappa shape index (κ1) is 8.93. The average Bonchev–Trinajstić information content (AvgIpc) is 2.68. The third-order valence-electron chi connectivity index (χ3n) is 2.47. The molecule has 2 rings (SSSR count). The molecule has 2 heterocycles. The topological polar surface area (TPSA) is 72.1 Å². The van der Waals surface area contributed by atoms with Gasteiger partial charge in [0.2, 0.25) is 5.91 Å². The lowest BCUT2D eigenvalue weighted by Gasteiger charge is -2.15. The number of aromatic nitrogens is 2. The lowest BCUT2D eigenvalue weighted by molar-refractivity contribution is -0.121. The predicted molar refractivity (Wildman–Crippen MR) is 51.5 cm³/mol. The lowest BCUT2D eigenvalue weighted by Crippen LogP contribution is -2.27. The van der Waals surface area contributed by atoms with Crippen molar-refractivity contribution in [1.29, 1.82) is 0 Å². The summed E-state index contributed by atoms with van der Waals surface area (Å²) in [5, 5.41) is 7.77. The molecule has 0 radical (unpaired) electrons. The van der Waals surface area contributed by atoms with Crippen LogP contribution in [-0.2, 0) is 4.79 Å². The van der Waals surface area contributed by atoms with Crippen LogP contribution in [0.4, 0.5) is 5.82 Å². The van der Waals surface area contributed by atoms with Crippen molar-refractivity contribution in [3.8, 4) is 0 Å². The smallest absolute Gasteiger partial charge is 0.222 e. The van der Waals surface area contributed by atoms with Crippen molar-refractivity contribution in [2.24, 2.45) is 11.7 Å². The van der Waals surface area contributed by atoms with E-state index in [9.17, 15) is 4.79 Å². The van der Waals surface area contributed by atoms with E-state index in [1.807, 2.05) is 17.0 Å². The first-order chi connectivity index (χ1) is 6.77. The van der Waals surface area contributed by atoms with E-state index in [4.69, 9.17) is 5.73 Å². The minimum atomic E-state index is -0.226. The molecule has 1 aliphatic heterocycles. The van der Waals surface area contributed by atoms with Crippen LogP contribution < -0.4 is 10.6 Å². The molecule has 5 nitrogen and oxygen atoms in total. The van der Waals surface area contributed by atoms with Gasteiger partial charge >= 0.3 is 0 Å². The van der Waals surface area contributed by atoms with E-state index in [1.54, 1.807) is 6.20 Å². The molecule has 1 aliphatic rings. The zero-order chi connectivity index (χ0) is 9.97. The van der Waals surface area contributed by atoms with Gasteiger partial charge in [-0.3, -0.25) is 4.79 Å². The molecule has 5 heteroatoms. The largest absolute Gasteiger partial charge is 0.369 e. The monoisotopic (exact) mass is 192 g/mol. The molecule has 0 aromatic carbocycles. The standard InChI is InChI=1S/C9H12N4O/c10-9(14)7-3-5-13(6-7)8-2-1-4-11-12-8/h1-2,4,7H,3,5-6H2,(H2,10,14)/t7-/m0/s1. The van der Waals surface area contributed by atoms with Gasteiger partial charge in [0.05, 0.1) is 5.92 Å². The number of nitrogens with two attached hydrogens (primary N) is 1. The molecule has 0 bridgehead atoms. The van der Waals surface area contributed by atoms with Crippen molar-refractivity contribution in [3.05, 3.63) is 18.3 Å². The number of rotatable bonds is 2. The molecule has 0 aliphatic carbocycles. The van der Waals surface area contributed by atoms with Crippen molar-refractivity contribution < 1.29 is 4.79 Å². The van der Waals surface area contributed by atoms with Crippen LogP contribution >= 0.6 is 0 Å². The van der Waals surface area contributed by atoms with E-state index in [0.29, 0.717) is 6.54 Å². The quantitative estimate of drug-likeness (QED) is 0.703. The third kappa shape index (κ3) is 1.66. The maximum atomic E-state index is 10.9. The van der Waals surface area contributed by atoms with E-state index in [2.05, 4.69) is 10.2 Å². The van der Waals surface area contributed by atoms with E-state index in [1.165, 1.54) is 0 Å². The van der Waals surface area contributed by atoms with Gasteiger partial charge in [-0.15, -0.1) is 5.10 Å². The SMILES string of the molecule is NC(=O)[C@H]1CCN(c2cccnn2)C1. The zero-order valence-electron chi connectivity index (χ0n) is 7.76. The van der Waals surface area contributed by atoms with Crippen molar-refractivity contribution in [1.82, 2.24) is 10.2 Å². The molecule has 0 spiro atoms. The fourth-order valence-corrected chi connectivity index (χ4v) is 1.66. The van der Waals surface area contributed by atoms with Crippen LogP contribution in [0.15, 0.2) is 18.3 Å². The zero-order valence-corrected chi connectivity index (χ0v) is 7.76. The minimum Gasteiger partial charge on any atom is -0.369 e. The van der Waals surface area contributed by atoms with Crippen LogP contribution in [0, 0.1) is 5.92 Å². The fraction of sp³-hybridized carbons (Fsp3) is 0.444. The summed E-state index contributed by atoms with van der Waals surface area (Å²) in [4.78, 5) is 13.0. The molecule has 1 aromatic rings. The Hall–Kier alpha value is -1.65. The molecule has 0 saturated carbocycles. The molecular formula is C9H12N4O. The van der Waals surface area contributed by atoms with Crippen LogP contribution in [0.2, 0.25) is 0 Å². The first-order valence-corrected chi connectivity index (χ1v) is 4.59. The van der Waals surface area contributed by atoms with Crippen molar-refractivity contribution in [2.75, 3.05) is 18.0 Å². The van der Waals surface area contributed by atoms with Crippen LogP contribution in [0.1, 0.15) is 6.42 Å². The molecule has 0 unspecified atom stereocenters. The second-order valence-corrected chi connectivity index (χ2v) is 3.42. The lowest BCUT2D eigenvalue weighted by atomic mass is 10.1. The van der Waals surface area contributed by atoms with Gasteiger partial charge in [-0.1, -0.05) is 0 Å². The van der Waals surface area contributed by atoms with E-state index < -0.39 is 0 Å². The summed E-state index contributed by atoms with van der Waals surface area (Å²) in [5.74, 6) is 0.546. The number of carbonyl (C=O) groups excluding carboxylic acids is 1. The number of carbonyl (C=O) groups is 1. The Morgan fingerprint density at radius 1 is 1.64 bits per heavy atom. The van der Waals surface area contributed by atoms with Gasteiger partial charge in [0, 0.05) is 19.3 Å². The molecule has 1 saturated heterocycles. The van der Waals surface area contributed by atoms with Gasteiger partial charge in [0.1, 0.15) is 0 Å². The molecule has 1 fully saturated rings. The normalized spacial score (nSPS) is 21.1. The van der Waals surface area contributed by atoms with Gasteiger partial charge < -0.3 is 10.6 Å². The maximum absolute atomic E-state index is 10.9. The highest BCUT2D eigenvalue weighted by Gasteiger charge is 2.27. The molecule has 1 atom stereocenters. The molecular weight excluding hydrogens is 180 g/mol. The summed E-state index contributed by atoms with van der Waals surface area (Å²) in [7, 11) is 0. The van der Waals surface area contributed by atoms with Crippen LogP contribution in [-0.4, -0.2) is 29.2 Å². The Morgan fingerprint density at radius 2 is 2.50 bits per heavy atom. The highest BCUT2D eigenvalue weighted by atomic mass is 16.1. The molecule has 1 aromatic heterocycles. The van der Waals surface area contributed by atoms with E-state index in [0.717, 1.165) is 18.8 Å². The van der Waals surface area contributed by atoms with E-state index in [-0.39, 0.29) is 11.8 Å². The molecule has 1 amide bonds. The summed E-state index contributed by atoms with van der Waals surface area (Å²) in [5.41, 5.74) is 5.24. The maximum Gasteiger partial charge on any atom is 0.222 e. The number of amides is 1. The second kappa shape index (κ2) is 3.61. The summed E-state index contributed by atoms with van der Waals surface area (Å²) in [6.45, 7) is 1.49. The van der Waals surface area contributed by atoms with Gasteiger partial charge in [-0.05, 0) is 18.6 Å². The van der Waals surface area contributed by atoms with Crippen molar-refractivity contribution in [2.45, 2.75) is 6.42 Å². The third-order valence-corrected chi connectivity index (χ3v) is 2.47. The van der Waals surface area contributed by atoms with Gasteiger partial charge in [0.25, 0.3) is 0 Å². The predicted octanol–water partition coefficient (Wildman–Crippen LogP) is -0.212.